The van der Waals surface area contributed by atoms with Gasteiger partial charge in [0.1, 0.15) is 0 Å². The van der Waals surface area contributed by atoms with Gasteiger partial charge >= 0.3 is 14.7 Å². The average Bonchev–Trinajstić information content (AvgIpc) is 3.08. The van der Waals surface area contributed by atoms with Crippen LogP contribution in [0.3, 0.4) is 0 Å². The first-order chi connectivity index (χ1) is 16.7. The lowest BCUT2D eigenvalue weighted by Crippen LogP contribution is -2.41. The van der Waals surface area contributed by atoms with Crippen LogP contribution in [-0.2, 0) is 36.1 Å². The largest absolute Gasteiger partial charge is 0.490 e. The molecule has 4 rings (SSSR count). The summed E-state index contributed by atoms with van der Waals surface area (Å²) >= 11 is 0. The highest BCUT2D eigenvalue weighted by molar-refractivity contribution is 7.53. The van der Waals surface area contributed by atoms with Gasteiger partial charge in [-0.15, -0.1) is 0 Å². The molecule has 0 amide bonds. The molecule has 0 spiro atoms. The second-order valence-electron chi connectivity index (χ2n) is 10.6. The minimum absolute atomic E-state index is 0.268. The van der Waals surface area contributed by atoms with Crippen molar-refractivity contribution in [2.45, 2.75) is 77.8 Å². The summed E-state index contributed by atoms with van der Waals surface area (Å²) in [7, 11) is -3.53. The fourth-order valence-electron chi connectivity index (χ4n) is 4.38. The van der Waals surface area contributed by atoms with Crippen molar-refractivity contribution in [2.75, 3.05) is 6.16 Å². The van der Waals surface area contributed by atoms with E-state index in [0.29, 0.717) is 12.1 Å². The van der Waals surface area contributed by atoms with Gasteiger partial charge in [-0.3, -0.25) is 4.57 Å². The van der Waals surface area contributed by atoms with Gasteiger partial charge < -0.3 is 18.4 Å². The molecular formula is C28H38BO5P. The molecule has 1 heterocycles. The summed E-state index contributed by atoms with van der Waals surface area (Å²) in [4.78, 5) is 0. The van der Waals surface area contributed by atoms with E-state index in [-0.39, 0.29) is 31.5 Å². The van der Waals surface area contributed by atoms with Gasteiger partial charge in [-0.1, -0.05) is 66.7 Å². The van der Waals surface area contributed by atoms with E-state index in [2.05, 4.69) is 33.8 Å². The third-order valence-corrected chi connectivity index (χ3v) is 9.31. The number of hydrogen-bond acceptors (Lipinski definition) is 5. The molecule has 5 nitrogen and oxygen atoms in total. The van der Waals surface area contributed by atoms with Gasteiger partial charge in [-0.2, -0.15) is 0 Å². The minimum Gasteiger partial charge on any atom is -0.400 e. The Balaban J connectivity index is 1.34. The first kappa shape index (κ1) is 26.4. The van der Waals surface area contributed by atoms with Crippen molar-refractivity contribution >= 4 is 14.7 Å². The summed E-state index contributed by atoms with van der Waals surface area (Å²) in [6.45, 7) is 8.90. The molecule has 0 aromatic heterocycles. The molecule has 0 bridgehead atoms. The van der Waals surface area contributed by atoms with E-state index in [4.69, 9.17) is 18.4 Å². The Bertz CT molecular complexity index is 974. The molecule has 2 aliphatic rings. The minimum atomic E-state index is -3.26. The molecular weight excluding hydrogens is 458 g/mol. The van der Waals surface area contributed by atoms with Crippen molar-refractivity contribution in [3.8, 4) is 0 Å². The molecule has 0 radical (unpaired) electrons. The molecule has 0 saturated carbocycles. The topological polar surface area (TPSA) is 54.0 Å². The fourth-order valence-corrected chi connectivity index (χ4v) is 6.09. The number of rotatable bonds is 10. The first-order valence-electron chi connectivity index (χ1n) is 12.7. The van der Waals surface area contributed by atoms with E-state index in [1.807, 2.05) is 60.7 Å². The van der Waals surface area contributed by atoms with Crippen molar-refractivity contribution in [1.29, 1.82) is 0 Å². The SMILES string of the molecule is CC1(C)OB(C2=CCC(CCP(=O)(OCc3ccccc3)OCc3ccccc3)CC2)OC1(C)C. The highest BCUT2D eigenvalue weighted by Crippen LogP contribution is 2.51. The van der Waals surface area contributed by atoms with E-state index < -0.39 is 7.60 Å². The molecule has 7 heteroatoms. The van der Waals surface area contributed by atoms with Crippen LogP contribution in [0.5, 0.6) is 0 Å². The van der Waals surface area contributed by atoms with Gasteiger partial charge in [0, 0.05) is 0 Å². The molecule has 1 saturated heterocycles. The van der Waals surface area contributed by atoms with Gasteiger partial charge in [0.15, 0.2) is 0 Å². The van der Waals surface area contributed by atoms with Crippen LogP contribution in [-0.4, -0.2) is 24.5 Å². The molecule has 35 heavy (non-hydrogen) atoms. The predicted octanol–water partition coefficient (Wildman–Crippen LogP) is 7.36. The van der Waals surface area contributed by atoms with E-state index in [9.17, 15) is 4.57 Å². The third-order valence-electron chi connectivity index (χ3n) is 7.46. The van der Waals surface area contributed by atoms with Crippen LogP contribution in [0.2, 0.25) is 0 Å². The lowest BCUT2D eigenvalue weighted by molar-refractivity contribution is 0.00578. The van der Waals surface area contributed by atoms with E-state index in [1.54, 1.807) is 0 Å². The van der Waals surface area contributed by atoms with E-state index in [1.165, 1.54) is 5.47 Å². The second-order valence-corrected chi connectivity index (χ2v) is 12.8. The molecule has 2 aromatic carbocycles. The Hall–Kier alpha value is -1.69. The molecule has 0 N–H and O–H groups in total. The van der Waals surface area contributed by atoms with E-state index >= 15 is 0 Å². The van der Waals surface area contributed by atoms with Gasteiger partial charge in [0.05, 0.1) is 30.6 Å². The summed E-state index contributed by atoms with van der Waals surface area (Å²) in [5, 5.41) is 0. The highest BCUT2D eigenvalue weighted by Gasteiger charge is 2.52. The van der Waals surface area contributed by atoms with Crippen LogP contribution in [0.25, 0.3) is 0 Å². The van der Waals surface area contributed by atoms with E-state index in [0.717, 1.165) is 36.8 Å². The Labute approximate surface area is 210 Å². The summed E-state index contributed by atoms with van der Waals surface area (Å²) in [6.07, 6.45) is 6.35. The molecule has 1 fully saturated rings. The van der Waals surface area contributed by atoms with Crippen molar-refractivity contribution < 1.29 is 22.9 Å². The van der Waals surface area contributed by atoms with Crippen molar-refractivity contribution in [3.63, 3.8) is 0 Å². The van der Waals surface area contributed by atoms with Crippen LogP contribution in [0.15, 0.2) is 72.2 Å². The number of benzene rings is 2. The van der Waals surface area contributed by atoms with Gasteiger partial charge in [0.25, 0.3) is 0 Å². The fraction of sp³-hybridized carbons (Fsp3) is 0.500. The second kappa shape index (κ2) is 11.1. The quantitative estimate of drug-likeness (QED) is 0.254. The predicted molar refractivity (Wildman–Crippen MR) is 141 cm³/mol. The van der Waals surface area contributed by atoms with Crippen LogP contribution in [0.1, 0.15) is 64.5 Å². The zero-order chi connectivity index (χ0) is 24.9. The number of hydrogen-bond donors (Lipinski definition) is 0. The van der Waals surface area contributed by atoms with Gasteiger partial charge in [-0.25, -0.2) is 0 Å². The third kappa shape index (κ3) is 6.96. The maximum atomic E-state index is 13.7. The monoisotopic (exact) mass is 496 g/mol. The normalized spacial score (nSPS) is 21.7. The molecule has 1 aliphatic carbocycles. The summed E-state index contributed by atoms with van der Waals surface area (Å²) in [6, 6.07) is 19.7. The maximum absolute atomic E-state index is 13.7. The van der Waals surface area contributed by atoms with Crippen LogP contribution in [0, 0.1) is 5.92 Å². The van der Waals surface area contributed by atoms with Crippen molar-refractivity contribution in [3.05, 3.63) is 83.3 Å². The molecule has 1 unspecified atom stereocenters. The molecule has 1 atom stereocenters. The summed E-state index contributed by atoms with van der Waals surface area (Å²) < 4.78 is 38.1. The Morgan fingerprint density at radius 1 is 0.886 bits per heavy atom. The zero-order valence-corrected chi connectivity index (χ0v) is 22.3. The van der Waals surface area contributed by atoms with Crippen molar-refractivity contribution in [2.24, 2.45) is 5.92 Å². The van der Waals surface area contributed by atoms with Crippen molar-refractivity contribution in [1.82, 2.24) is 0 Å². The first-order valence-corrected chi connectivity index (χ1v) is 14.4. The number of allylic oxidation sites excluding steroid dienone is 2. The Morgan fingerprint density at radius 2 is 1.40 bits per heavy atom. The summed E-state index contributed by atoms with van der Waals surface area (Å²) in [5.74, 6) is 0.440. The Kier molecular flexibility index (Phi) is 8.40. The lowest BCUT2D eigenvalue weighted by atomic mass is 9.70. The van der Waals surface area contributed by atoms with Gasteiger partial charge in [-0.05, 0) is 75.9 Å². The Morgan fingerprint density at radius 3 is 1.86 bits per heavy atom. The molecule has 1 aliphatic heterocycles. The maximum Gasteiger partial charge on any atom is 0.490 e. The van der Waals surface area contributed by atoms with Crippen LogP contribution >= 0.6 is 7.60 Å². The zero-order valence-electron chi connectivity index (χ0n) is 21.4. The molecule has 2 aromatic rings. The van der Waals surface area contributed by atoms with Crippen LogP contribution in [0.4, 0.5) is 0 Å². The highest BCUT2D eigenvalue weighted by atomic mass is 31.2. The average molecular weight is 496 g/mol. The molecule has 188 valence electrons. The van der Waals surface area contributed by atoms with Gasteiger partial charge in [0.2, 0.25) is 0 Å². The summed E-state index contributed by atoms with van der Waals surface area (Å²) in [5.41, 5.74) is 2.55. The lowest BCUT2D eigenvalue weighted by Gasteiger charge is -2.32. The smallest absolute Gasteiger partial charge is 0.400 e. The standard InChI is InChI=1S/C28H38BO5P/c1-27(2)28(3,4)34-29(33-27)26-17-15-23(16-18-26)19-20-35(30,31-21-24-11-7-5-8-12-24)32-22-25-13-9-6-10-14-25/h5-14,17,23H,15-16,18-22H2,1-4H3. The van der Waals surface area contributed by atoms with Crippen LogP contribution < -0.4 is 0 Å².